The van der Waals surface area contributed by atoms with Gasteiger partial charge in [0.2, 0.25) is 0 Å². The summed E-state index contributed by atoms with van der Waals surface area (Å²) in [6.07, 6.45) is 0. The van der Waals surface area contributed by atoms with Crippen LogP contribution in [0.2, 0.25) is 15.1 Å². The number of halogens is 3. The van der Waals surface area contributed by atoms with E-state index in [2.05, 4.69) is 5.32 Å². The van der Waals surface area contributed by atoms with Crippen molar-refractivity contribution in [1.29, 1.82) is 0 Å². The number of carbonyl (C=O) groups excluding carboxylic acids is 1. The third-order valence-electron chi connectivity index (χ3n) is 3.57. The fourth-order valence-corrected chi connectivity index (χ4v) is 2.70. The van der Waals surface area contributed by atoms with Crippen LogP contribution in [0.3, 0.4) is 0 Å². The van der Waals surface area contributed by atoms with Crippen molar-refractivity contribution in [2.45, 2.75) is 25.9 Å². The molecule has 2 rings (SSSR count). The molecule has 0 unspecified atom stereocenters. The fourth-order valence-electron chi connectivity index (χ4n) is 2.24. The van der Waals surface area contributed by atoms with Gasteiger partial charge < -0.3 is 10.6 Å². The molecule has 2 aromatic rings. The van der Waals surface area contributed by atoms with Crippen molar-refractivity contribution in [3.8, 4) is 0 Å². The molecule has 2 aromatic carbocycles. The van der Waals surface area contributed by atoms with Gasteiger partial charge in [0, 0.05) is 15.6 Å². The number of anilines is 1. The van der Waals surface area contributed by atoms with Crippen LogP contribution in [-0.4, -0.2) is 11.9 Å². The van der Waals surface area contributed by atoms with E-state index in [4.69, 9.17) is 34.8 Å². The Hall–Kier alpha value is -1.26. The summed E-state index contributed by atoms with van der Waals surface area (Å²) in [5.41, 5.74) is 1.62. The Bertz CT molecular complexity index is 689. The molecule has 0 aliphatic heterocycles. The van der Waals surface area contributed by atoms with E-state index >= 15 is 0 Å². The summed E-state index contributed by atoms with van der Waals surface area (Å²) < 4.78 is 0. The smallest absolute Gasteiger partial charge is 0.282 e. The molecule has 0 fully saturated rings. The van der Waals surface area contributed by atoms with Gasteiger partial charge in [0.25, 0.3) is 5.91 Å². The van der Waals surface area contributed by atoms with E-state index in [0.29, 0.717) is 20.8 Å². The van der Waals surface area contributed by atoms with Crippen LogP contribution in [0, 0.1) is 0 Å². The number of hydrogen-bond donors (Lipinski definition) is 2. The predicted molar refractivity (Wildman–Crippen MR) is 96.3 cm³/mol. The number of quaternary nitrogens is 1. The molecule has 0 spiro atoms. The Morgan fingerprint density at radius 2 is 1.61 bits per heavy atom. The van der Waals surface area contributed by atoms with Crippen LogP contribution in [0.1, 0.15) is 25.5 Å². The third kappa shape index (κ3) is 5.11. The van der Waals surface area contributed by atoms with Crippen LogP contribution >= 0.6 is 34.8 Å². The predicted octanol–water partition coefficient (Wildman–Crippen LogP) is 4.30. The van der Waals surface area contributed by atoms with E-state index in [1.165, 1.54) is 0 Å². The van der Waals surface area contributed by atoms with Crippen LogP contribution in [-0.2, 0) is 4.79 Å². The molecule has 0 aromatic heterocycles. The van der Waals surface area contributed by atoms with Crippen molar-refractivity contribution < 1.29 is 10.1 Å². The van der Waals surface area contributed by atoms with E-state index in [1.807, 2.05) is 43.4 Å². The summed E-state index contributed by atoms with van der Waals surface area (Å²) in [6, 6.07) is 12.4. The molecule has 1 amide bonds. The Labute approximate surface area is 150 Å². The molecule has 0 saturated carbocycles. The zero-order chi connectivity index (χ0) is 17.0. The normalized spacial score (nSPS) is 13.4. The van der Waals surface area contributed by atoms with Gasteiger partial charge in [-0.1, -0.05) is 46.9 Å². The minimum Gasteiger partial charge on any atom is -0.330 e. The third-order valence-corrected chi connectivity index (χ3v) is 4.39. The Kier molecular flexibility index (Phi) is 6.31. The summed E-state index contributed by atoms with van der Waals surface area (Å²) in [5.74, 6) is -0.130. The van der Waals surface area contributed by atoms with Gasteiger partial charge >= 0.3 is 0 Å². The van der Waals surface area contributed by atoms with Crippen LogP contribution in [0.5, 0.6) is 0 Å². The molecule has 6 heteroatoms. The molecule has 3 nitrogen and oxygen atoms in total. The lowest BCUT2D eigenvalue weighted by Gasteiger charge is -2.17. The Morgan fingerprint density at radius 1 is 1.00 bits per heavy atom. The largest absolute Gasteiger partial charge is 0.330 e. The van der Waals surface area contributed by atoms with E-state index in [9.17, 15) is 4.79 Å². The maximum atomic E-state index is 12.3. The number of carbonyl (C=O) groups is 1. The highest BCUT2D eigenvalue weighted by molar-refractivity contribution is 6.35. The van der Waals surface area contributed by atoms with Crippen LogP contribution in [0.4, 0.5) is 5.69 Å². The van der Waals surface area contributed by atoms with Crippen LogP contribution < -0.4 is 10.6 Å². The average molecular weight is 373 g/mol. The van der Waals surface area contributed by atoms with Gasteiger partial charge in [0.05, 0.1) is 10.7 Å². The molecule has 0 aliphatic carbocycles. The number of nitrogens with two attached hydrogens (primary N) is 1. The van der Waals surface area contributed by atoms with Gasteiger partial charge in [-0.25, -0.2) is 0 Å². The molecular weight excluding hydrogens is 355 g/mol. The first-order valence-electron chi connectivity index (χ1n) is 7.23. The zero-order valence-electron chi connectivity index (χ0n) is 12.8. The molecule has 0 bridgehead atoms. The summed E-state index contributed by atoms with van der Waals surface area (Å²) in [4.78, 5) is 12.3. The van der Waals surface area contributed by atoms with E-state index in [-0.39, 0.29) is 18.0 Å². The van der Waals surface area contributed by atoms with Gasteiger partial charge in [0.15, 0.2) is 6.04 Å². The highest BCUT2D eigenvalue weighted by atomic mass is 35.5. The Balaban J connectivity index is 1.99. The zero-order valence-corrected chi connectivity index (χ0v) is 15.1. The molecular formula is C17H18Cl3N2O+. The van der Waals surface area contributed by atoms with E-state index < -0.39 is 0 Å². The molecule has 23 heavy (non-hydrogen) atoms. The summed E-state index contributed by atoms with van der Waals surface area (Å²) >= 11 is 17.9. The highest BCUT2D eigenvalue weighted by Crippen LogP contribution is 2.25. The van der Waals surface area contributed by atoms with Gasteiger partial charge in [-0.15, -0.1) is 0 Å². The number of nitrogens with one attached hydrogen (secondary N) is 1. The van der Waals surface area contributed by atoms with Crippen LogP contribution in [0.15, 0.2) is 42.5 Å². The number of amides is 1. The second-order valence-electron chi connectivity index (χ2n) is 5.43. The molecule has 0 saturated heterocycles. The molecule has 3 N–H and O–H groups in total. The van der Waals surface area contributed by atoms with E-state index in [1.54, 1.807) is 18.2 Å². The number of benzene rings is 2. The average Bonchev–Trinajstić information content (AvgIpc) is 2.51. The van der Waals surface area contributed by atoms with Crippen molar-refractivity contribution >= 4 is 46.4 Å². The molecule has 0 radical (unpaired) electrons. The molecule has 0 aliphatic rings. The monoisotopic (exact) mass is 371 g/mol. The van der Waals surface area contributed by atoms with Crippen LogP contribution in [0.25, 0.3) is 0 Å². The summed E-state index contributed by atoms with van der Waals surface area (Å²) in [7, 11) is 0. The first-order valence-corrected chi connectivity index (χ1v) is 8.36. The first-order chi connectivity index (χ1) is 10.9. The lowest BCUT2D eigenvalue weighted by atomic mass is 10.1. The number of hydrogen-bond acceptors (Lipinski definition) is 1. The number of rotatable bonds is 5. The van der Waals surface area contributed by atoms with Gasteiger partial charge in [-0.2, -0.15) is 0 Å². The second kappa shape index (κ2) is 8.02. The van der Waals surface area contributed by atoms with Gasteiger partial charge in [-0.05, 0) is 44.2 Å². The van der Waals surface area contributed by atoms with E-state index in [0.717, 1.165) is 5.56 Å². The summed E-state index contributed by atoms with van der Waals surface area (Å²) in [5, 5.41) is 6.47. The maximum absolute atomic E-state index is 12.3. The Morgan fingerprint density at radius 3 is 2.26 bits per heavy atom. The fraction of sp³-hybridized carbons (Fsp3) is 0.235. The first kappa shape index (κ1) is 18.1. The van der Waals surface area contributed by atoms with Crippen molar-refractivity contribution in [3.05, 3.63) is 63.1 Å². The molecule has 0 heterocycles. The minimum atomic E-state index is -0.282. The maximum Gasteiger partial charge on any atom is 0.282 e. The molecule has 2 atom stereocenters. The van der Waals surface area contributed by atoms with Crippen molar-refractivity contribution in [2.24, 2.45) is 0 Å². The standard InChI is InChI=1S/C17H17Cl3N2O/c1-10(12-3-5-13(18)6-4-12)21-11(2)17(23)22-16-9-14(19)7-8-15(16)20/h3-11,21H,1-2H3,(H,22,23)/p+1/t10-,11-/m0/s1. The van der Waals surface area contributed by atoms with Crippen molar-refractivity contribution in [3.63, 3.8) is 0 Å². The lowest BCUT2D eigenvalue weighted by Crippen LogP contribution is -2.91. The van der Waals surface area contributed by atoms with Gasteiger partial charge in [-0.3, -0.25) is 4.79 Å². The quantitative estimate of drug-likeness (QED) is 0.807. The SMILES string of the molecule is C[C@H]([NH2+][C@@H](C)c1ccc(Cl)cc1)C(=O)Nc1cc(Cl)ccc1Cl. The molecule has 122 valence electrons. The van der Waals surface area contributed by atoms with Crippen molar-refractivity contribution in [1.82, 2.24) is 0 Å². The summed E-state index contributed by atoms with van der Waals surface area (Å²) in [6.45, 7) is 3.89. The van der Waals surface area contributed by atoms with Gasteiger partial charge in [0.1, 0.15) is 6.04 Å². The minimum absolute atomic E-state index is 0.128. The second-order valence-corrected chi connectivity index (χ2v) is 6.71. The van der Waals surface area contributed by atoms with Crippen molar-refractivity contribution in [2.75, 3.05) is 5.32 Å². The highest BCUT2D eigenvalue weighted by Gasteiger charge is 2.21. The lowest BCUT2D eigenvalue weighted by molar-refractivity contribution is -0.709. The topological polar surface area (TPSA) is 45.7 Å².